The molecule has 1 nitrogen and oxygen atoms in total. The third kappa shape index (κ3) is 1.48. The molecule has 0 aliphatic carbocycles. The minimum absolute atomic E-state index is 0.485. The zero-order valence-corrected chi connectivity index (χ0v) is 7.51. The number of hydrogen-bond acceptors (Lipinski definition) is 2. The van der Waals surface area contributed by atoms with Gasteiger partial charge in [-0.25, -0.2) is 0 Å². The fraction of sp³-hybridized carbons (Fsp3) is 0.300. The SMILES string of the molecule is S=C1CC(c2ccccc2)CO1. The van der Waals surface area contributed by atoms with Gasteiger partial charge in [-0.3, -0.25) is 0 Å². The summed E-state index contributed by atoms with van der Waals surface area (Å²) in [5.74, 6) is 0.485. The summed E-state index contributed by atoms with van der Waals surface area (Å²) in [4.78, 5) is 0. The molecule has 1 aromatic carbocycles. The van der Waals surface area contributed by atoms with Crippen molar-refractivity contribution >= 4 is 17.3 Å². The maximum atomic E-state index is 5.25. The molecule has 1 aliphatic rings. The monoisotopic (exact) mass is 178 g/mol. The van der Waals surface area contributed by atoms with Crippen molar-refractivity contribution in [3.8, 4) is 0 Å². The Kier molecular flexibility index (Phi) is 2.09. The van der Waals surface area contributed by atoms with Gasteiger partial charge in [-0.2, -0.15) is 0 Å². The Morgan fingerprint density at radius 3 is 2.58 bits per heavy atom. The smallest absolute Gasteiger partial charge is 0.160 e. The van der Waals surface area contributed by atoms with Gasteiger partial charge in [0, 0.05) is 12.3 Å². The number of thiocarbonyl (C=S) groups is 1. The van der Waals surface area contributed by atoms with E-state index in [-0.39, 0.29) is 0 Å². The molecule has 0 saturated carbocycles. The van der Waals surface area contributed by atoms with Crippen LogP contribution in [0.5, 0.6) is 0 Å². The van der Waals surface area contributed by atoms with E-state index >= 15 is 0 Å². The molecule has 0 bridgehead atoms. The lowest BCUT2D eigenvalue weighted by molar-refractivity contribution is 0.335. The third-order valence-electron chi connectivity index (χ3n) is 2.13. The third-order valence-corrected chi connectivity index (χ3v) is 2.41. The van der Waals surface area contributed by atoms with Gasteiger partial charge in [0.25, 0.3) is 0 Å². The molecule has 1 aliphatic heterocycles. The van der Waals surface area contributed by atoms with Crippen LogP contribution in [0.3, 0.4) is 0 Å². The van der Waals surface area contributed by atoms with E-state index in [4.69, 9.17) is 17.0 Å². The number of benzene rings is 1. The number of rotatable bonds is 1. The second kappa shape index (κ2) is 3.23. The minimum Gasteiger partial charge on any atom is -0.486 e. The van der Waals surface area contributed by atoms with Crippen molar-refractivity contribution in [2.24, 2.45) is 0 Å². The Morgan fingerprint density at radius 1 is 1.25 bits per heavy atom. The van der Waals surface area contributed by atoms with E-state index in [9.17, 15) is 0 Å². The molecular formula is C10H10OS. The van der Waals surface area contributed by atoms with Crippen LogP contribution in [-0.2, 0) is 4.74 Å². The van der Waals surface area contributed by atoms with Gasteiger partial charge in [0.1, 0.15) is 0 Å². The summed E-state index contributed by atoms with van der Waals surface area (Å²) >= 11 is 4.97. The molecule has 62 valence electrons. The molecule has 0 aromatic heterocycles. The topological polar surface area (TPSA) is 9.23 Å². The number of hydrogen-bond donors (Lipinski definition) is 0. The Labute approximate surface area is 77.4 Å². The van der Waals surface area contributed by atoms with Crippen molar-refractivity contribution in [3.63, 3.8) is 0 Å². The molecule has 0 spiro atoms. The average molecular weight is 178 g/mol. The molecule has 0 N–H and O–H groups in total. The van der Waals surface area contributed by atoms with Gasteiger partial charge in [-0.05, 0) is 17.8 Å². The van der Waals surface area contributed by atoms with Crippen LogP contribution in [-0.4, -0.2) is 11.7 Å². The van der Waals surface area contributed by atoms with Crippen molar-refractivity contribution in [3.05, 3.63) is 35.9 Å². The van der Waals surface area contributed by atoms with Crippen LogP contribution in [0.2, 0.25) is 0 Å². The molecule has 1 aromatic rings. The van der Waals surface area contributed by atoms with Gasteiger partial charge in [-0.1, -0.05) is 30.3 Å². The van der Waals surface area contributed by atoms with E-state index in [1.165, 1.54) is 5.56 Å². The van der Waals surface area contributed by atoms with Crippen LogP contribution in [0.15, 0.2) is 30.3 Å². The second-order valence-electron chi connectivity index (χ2n) is 2.99. The first-order valence-corrected chi connectivity index (χ1v) is 4.47. The molecule has 0 amide bonds. The van der Waals surface area contributed by atoms with E-state index in [0.29, 0.717) is 5.92 Å². The van der Waals surface area contributed by atoms with Crippen molar-refractivity contribution < 1.29 is 4.74 Å². The first kappa shape index (κ1) is 7.74. The molecule has 1 saturated heterocycles. The first-order chi connectivity index (χ1) is 5.86. The number of ether oxygens (including phenoxy) is 1. The van der Waals surface area contributed by atoms with Crippen LogP contribution >= 0.6 is 12.2 Å². The second-order valence-corrected chi connectivity index (χ2v) is 3.45. The summed E-state index contributed by atoms with van der Waals surface area (Å²) < 4.78 is 5.25. The van der Waals surface area contributed by atoms with Gasteiger partial charge in [0.2, 0.25) is 0 Å². The highest BCUT2D eigenvalue weighted by molar-refractivity contribution is 7.80. The van der Waals surface area contributed by atoms with Crippen LogP contribution in [0, 0.1) is 0 Å². The largest absolute Gasteiger partial charge is 0.486 e. The Morgan fingerprint density at radius 2 is 2.00 bits per heavy atom. The highest BCUT2D eigenvalue weighted by Gasteiger charge is 2.21. The summed E-state index contributed by atoms with van der Waals surface area (Å²) in [5.41, 5.74) is 1.33. The molecule has 1 fully saturated rings. The Hall–Kier alpha value is -0.890. The standard InChI is InChI=1S/C10H10OS/c12-10-6-9(7-11-10)8-4-2-1-3-5-8/h1-5,9H,6-7H2. The fourth-order valence-corrected chi connectivity index (χ4v) is 1.72. The highest BCUT2D eigenvalue weighted by Crippen LogP contribution is 2.26. The highest BCUT2D eigenvalue weighted by atomic mass is 32.1. The van der Waals surface area contributed by atoms with Gasteiger partial charge in [0.05, 0.1) is 6.61 Å². The van der Waals surface area contributed by atoms with E-state index in [0.717, 1.165) is 18.1 Å². The van der Waals surface area contributed by atoms with E-state index in [1.54, 1.807) is 0 Å². The van der Waals surface area contributed by atoms with Crippen molar-refractivity contribution in [1.82, 2.24) is 0 Å². The molecular weight excluding hydrogens is 168 g/mol. The van der Waals surface area contributed by atoms with Crippen molar-refractivity contribution in [2.75, 3.05) is 6.61 Å². The maximum Gasteiger partial charge on any atom is 0.160 e. The van der Waals surface area contributed by atoms with Crippen LogP contribution in [0.1, 0.15) is 17.9 Å². The molecule has 12 heavy (non-hydrogen) atoms. The lowest BCUT2D eigenvalue weighted by Gasteiger charge is -2.04. The molecule has 2 rings (SSSR count). The van der Waals surface area contributed by atoms with E-state index < -0.39 is 0 Å². The van der Waals surface area contributed by atoms with Gasteiger partial charge in [-0.15, -0.1) is 0 Å². The van der Waals surface area contributed by atoms with Gasteiger partial charge >= 0.3 is 0 Å². The molecule has 1 atom stereocenters. The average Bonchev–Trinajstić information content (AvgIpc) is 2.54. The fourth-order valence-electron chi connectivity index (χ4n) is 1.45. The quantitative estimate of drug-likeness (QED) is 0.611. The minimum atomic E-state index is 0.485. The van der Waals surface area contributed by atoms with Crippen molar-refractivity contribution in [2.45, 2.75) is 12.3 Å². The molecule has 1 heterocycles. The Balaban J connectivity index is 2.16. The summed E-state index contributed by atoms with van der Waals surface area (Å²) in [7, 11) is 0. The lowest BCUT2D eigenvalue weighted by Crippen LogP contribution is -1.96. The summed E-state index contributed by atoms with van der Waals surface area (Å²) in [6.45, 7) is 0.753. The lowest BCUT2D eigenvalue weighted by atomic mass is 9.99. The predicted molar refractivity (Wildman–Crippen MR) is 52.4 cm³/mol. The van der Waals surface area contributed by atoms with E-state index in [2.05, 4.69) is 24.3 Å². The maximum absolute atomic E-state index is 5.25. The molecule has 0 radical (unpaired) electrons. The zero-order chi connectivity index (χ0) is 8.39. The van der Waals surface area contributed by atoms with Crippen LogP contribution in [0.4, 0.5) is 0 Å². The first-order valence-electron chi connectivity index (χ1n) is 4.07. The zero-order valence-electron chi connectivity index (χ0n) is 6.69. The summed E-state index contributed by atoms with van der Waals surface area (Å²) in [6, 6.07) is 10.4. The summed E-state index contributed by atoms with van der Waals surface area (Å²) in [6.07, 6.45) is 0.902. The molecule has 2 heteroatoms. The van der Waals surface area contributed by atoms with Crippen LogP contribution in [0.25, 0.3) is 0 Å². The van der Waals surface area contributed by atoms with Gasteiger partial charge in [0.15, 0.2) is 5.05 Å². The van der Waals surface area contributed by atoms with Crippen molar-refractivity contribution in [1.29, 1.82) is 0 Å². The normalized spacial score (nSPS) is 22.3. The van der Waals surface area contributed by atoms with E-state index in [1.807, 2.05) is 6.07 Å². The van der Waals surface area contributed by atoms with Crippen LogP contribution < -0.4 is 0 Å². The summed E-state index contributed by atoms with van der Waals surface area (Å²) in [5, 5.41) is 0.754. The van der Waals surface area contributed by atoms with Gasteiger partial charge < -0.3 is 4.74 Å². The molecule has 1 unspecified atom stereocenters. The predicted octanol–water partition coefficient (Wildman–Crippen LogP) is 2.52. The Bertz CT molecular complexity index is 281.